The van der Waals surface area contributed by atoms with Crippen molar-refractivity contribution in [1.29, 1.82) is 5.26 Å². The average Bonchev–Trinajstić information content (AvgIpc) is 2.95. The van der Waals surface area contributed by atoms with Crippen LogP contribution in [0.25, 0.3) is 0 Å². The van der Waals surface area contributed by atoms with E-state index in [4.69, 9.17) is 10.00 Å². The minimum absolute atomic E-state index is 0.136. The zero-order chi connectivity index (χ0) is 14.6. The van der Waals surface area contributed by atoms with E-state index in [0.29, 0.717) is 10.6 Å². The number of nitriles is 1. The van der Waals surface area contributed by atoms with Crippen molar-refractivity contribution >= 4 is 21.4 Å². The molecule has 1 heterocycles. The first-order valence-electron chi connectivity index (χ1n) is 5.67. The molecule has 0 aliphatic heterocycles. The summed E-state index contributed by atoms with van der Waals surface area (Å²) in [6.07, 6.45) is 0. The number of hydrogen-bond acceptors (Lipinski definition) is 5. The van der Waals surface area contributed by atoms with Crippen LogP contribution in [0.4, 0.5) is 0 Å². The SMILES string of the molecule is COc1cccc(CNS(=O)(=O)c2ccc(C#N)s2)c1. The molecular formula is C13H12N2O3S2. The molecule has 0 aliphatic rings. The van der Waals surface area contributed by atoms with Crippen molar-refractivity contribution < 1.29 is 13.2 Å². The summed E-state index contributed by atoms with van der Waals surface area (Å²) in [4.78, 5) is 0.367. The van der Waals surface area contributed by atoms with Gasteiger partial charge in [-0.15, -0.1) is 11.3 Å². The van der Waals surface area contributed by atoms with Crippen LogP contribution in [0.1, 0.15) is 10.4 Å². The van der Waals surface area contributed by atoms with E-state index in [-0.39, 0.29) is 10.8 Å². The second-order valence-corrected chi connectivity index (χ2v) is 6.98. The Balaban J connectivity index is 2.11. The van der Waals surface area contributed by atoms with E-state index in [2.05, 4.69) is 4.72 Å². The van der Waals surface area contributed by atoms with Gasteiger partial charge in [-0.05, 0) is 29.8 Å². The van der Waals surface area contributed by atoms with Gasteiger partial charge in [0.1, 0.15) is 20.9 Å². The van der Waals surface area contributed by atoms with Gasteiger partial charge < -0.3 is 4.74 Å². The van der Waals surface area contributed by atoms with Gasteiger partial charge >= 0.3 is 0 Å². The van der Waals surface area contributed by atoms with E-state index in [1.165, 1.54) is 12.1 Å². The molecule has 104 valence electrons. The number of hydrogen-bond donors (Lipinski definition) is 1. The topological polar surface area (TPSA) is 79.2 Å². The van der Waals surface area contributed by atoms with E-state index in [0.717, 1.165) is 16.9 Å². The molecule has 1 aromatic heterocycles. The standard InChI is InChI=1S/C13H12N2O3S2/c1-18-11-4-2-3-10(7-11)9-15-20(16,17)13-6-5-12(8-14)19-13/h2-7,15H,9H2,1H3. The minimum Gasteiger partial charge on any atom is -0.497 e. The van der Waals surface area contributed by atoms with Gasteiger partial charge in [0.05, 0.1) is 7.11 Å². The molecule has 0 radical (unpaired) electrons. The van der Waals surface area contributed by atoms with Gasteiger partial charge in [-0.2, -0.15) is 5.26 Å². The summed E-state index contributed by atoms with van der Waals surface area (Å²) in [5.74, 6) is 0.671. The van der Waals surface area contributed by atoms with Crippen molar-refractivity contribution in [2.24, 2.45) is 0 Å². The maximum atomic E-state index is 12.0. The van der Waals surface area contributed by atoms with Gasteiger partial charge in [0, 0.05) is 6.54 Å². The third-order valence-electron chi connectivity index (χ3n) is 2.56. The van der Waals surface area contributed by atoms with Crippen molar-refractivity contribution in [2.45, 2.75) is 10.8 Å². The summed E-state index contributed by atoms with van der Waals surface area (Å²) < 4.78 is 31.8. The number of benzene rings is 1. The molecule has 0 saturated heterocycles. The Labute approximate surface area is 121 Å². The lowest BCUT2D eigenvalue weighted by Gasteiger charge is -2.06. The molecular weight excluding hydrogens is 296 g/mol. The zero-order valence-corrected chi connectivity index (χ0v) is 12.3. The zero-order valence-electron chi connectivity index (χ0n) is 10.7. The number of thiophene rings is 1. The normalized spacial score (nSPS) is 11.0. The highest BCUT2D eigenvalue weighted by atomic mass is 32.2. The summed E-state index contributed by atoms with van der Waals surface area (Å²) in [5, 5.41) is 8.71. The molecule has 20 heavy (non-hydrogen) atoms. The van der Waals surface area contributed by atoms with Gasteiger partial charge in [-0.1, -0.05) is 12.1 Å². The van der Waals surface area contributed by atoms with E-state index >= 15 is 0 Å². The molecule has 7 heteroatoms. The lowest BCUT2D eigenvalue weighted by atomic mass is 10.2. The first kappa shape index (κ1) is 14.5. The van der Waals surface area contributed by atoms with Gasteiger partial charge in [0.15, 0.2) is 0 Å². The smallest absolute Gasteiger partial charge is 0.250 e. The third-order valence-corrected chi connectivity index (χ3v) is 5.44. The van der Waals surface area contributed by atoms with Crippen molar-refractivity contribution in [1.82, 2.24) is 4.72 Å². The van der Waals surface area contributed by atoms with E-state index in [1.807, 2.05) is 6.07 Å². The van der Waals surface area contributed by atoms with Gasteiger partial charge in [0.2, 0.25) is 10.0 Å². The van der Waals surface area contributed by atoms with E-state index in [1.54, 1.807) is 31.4 Å². The molecule has 0 spiro atoms. The fourth-order valence-electron chi connectivity index (χ4n) is 1.56. The molecule has 2 rings (SSSR count). The Kier molecular flexibility index (Phi) is 4.39. The van der Waals surface area contributed by atoms with Crippen molar-refractivity contribution in [3.8, 4) is 11.8 Å². The number of nitrogens with zero attached hydrogens (tertiary/aromatic N) is 1. The van der Waals surface area contributed by atoms with Crippen LogP contribution in [0, 0.1) is 11.3 Å². The third kappa shape index (κ3) is 3.36. The predicted molar refractivity (Wildman–Crippen MR) is 76.1 cm³/mol. The average molecular weight is 308 g/mol. The molecule has 0 amide bonds. The van der Waals surface area contributed by atoms with Crippen molar-refractivity contribution in [3.63, 3.8) is 0 Å². The summed E-state index contributed by atoms with van der Waals surface area (Å²) in [6.45, 7) is 0.166. The second kappa shape index (κ2) is 6.05. The number of methoxy groups -OCH3 is 1. The van der Waals surface area contributed by atoms with Crippen LogP contribution in [0.2, 0.25) is 0 Å². The molecule has 0 bridgehead atoms. The molecule has 0 fully saturated rings. The van der Waals surface area contributed by atoms with Gasteiger partial charge in [0.25, 0.3) is 0 Å². The number of ether oxygens (including phenoxy) is 1. The quantitative estimate of drug-likeness (QED) is 0.917. The van der Waals surface area contributed by atoms with Crippen LogP contribution in [0.5, 0.6) is 5.75 Å². The maximum absolute atomic E-state index is 12.0. The Morgan fingerprint density at radius 1 is 1.35 bits per heavy atom. The Bertz CT molecular complexity index is 745. The number of nitrogens with one attached hydrogen (secondary N) is 1. The Morgan fingerprint density at radius 2 is 2.15 bits per heavy atom. The number of sulfonamides is 1. The highest BCUT2D eigenvalue weighted by Gasteiger charge is 2.16. The lowest BCUT2D eigenvalue weighted by Crippen LogP contribution is -2.22. The lowest BCUT2D eigenvalue weighted by molar-refractivity contribution is 0.414. The van der Waals surface area contributed by atoms with Crippen LogP contribution in [0.15, 0.2) is 40.6 Å². The number of rotatable bonds is 5. The summed E-state index contributed by atoms with van der Waals surface area (Å²) in [7, 11) is -2.04. The van der Waals surface area contributed by atoms with Crippen molar-refractivity contribution in [2.75, 3.05) is 7.11 Å². The second-order valence-electron chi connectivity index (χ2n) is 3.91. The van der Waals surface area contributed by atoms with Crippen LogP contribution in [-0.2, 0) is 16.6 Å². The molecule has 0 aliphatic carbocycles. The van der Waals surface area contributed by atoms with Crippen molar-refractivity contribution in [3.05, 3.63) is 46.8 Å². The molecule has 1 aromatic carbocycles. The monoisotopic (exact) mass is 308 g/mol. The minimum atomic E-state index is -3.59. The first-order chi connectivity index (χ1) is 9.55. The highest BCUT2D eigenvalue weighted by Crippen LogP contribution is 2.21. The van der Waals surface area contributed by atoms with Crippen LogP contribution in [0.3, 0.4) is 0 Å². The van der Waals surface area contributed by atoms with Crippen LogP contribution >= 0.6 is 11.3 Å². The van der Waals surface area contributed by atoms with E-state index < -0.39 is 10.0 Å². The fourth-order valence-corrected chi connectivity index (χ4v) is 3.72. The van der Waals surface area contributed by atoms with Crippen LogP contribution in [-0.4, -0.2) is 15.5 Å². The highest BCUT2D eigenvalue weighted by molar-refractivity contribution is 7.91. The Morgan fingerprint density at radius 3 is 2.80 bits per heavy atom. The molecule has 0 atom stereocenters. The molecule has 2 aromatic rings. The summed E-state index contributed by atoms with van der Waals surface area (Å²) in [6, 6.07) is 12.0. The molecule has 0 saturated carbocycles. The molecule has 5 nitrogen and oxygen atoms in total. The van der Waals surface area contributed by atoms with Gasteiger partial charge in [-0.3, -0.25) is 0 Å². The predicted octanol–water partition coefficient (Wildman–Crippen LogP) is 2.11. The van der Waals surface area contributed by atoms with E-state index in [9.17, 15) is 8.42 Å². The maximum Gasteiger partial charge on any atom is 0.250 e. The van der Waals surface area contributed by atoms with Gasteiger partial charge in [-0.25, -0.2) is 13.1 Å². The summed E-state index contributed by atoms with van der Waals surface area (Å²) in [5.41, 5.74) is 0.796. The van der Waals surface area contributed by atoms with Crippen LogP contribution < -0.4 is 9.46 Å². The Hall–Kier alpha value is -1.88. The molecule has 1 N–H and O–H groups in total. The molecule has 0 unspecified atom stereocenters. The first-order valence-corrected chi connectivity index (χ1v) is 7.97. The summed E-state index contributed by atoms with van der Waals surface area (Å²) >= 11 is 0.946. The fraction of sp³-hybridized carbons (Fsp3) is 0.154. The largest absolute Gasteiger partial charge is 0.497 e.